The number of nitriles is 1. The van der Waals surface area contributed by atoms with Crippen LogP contribution in [0.3, 0.4) is 0 Å². The van der Waals surface area contributed by atoms with Gasteiger partial charge in [0.1, 0.15) is 5.82 Å². The van der Waals surface area contributed by atoms with Gasteiger partial charge in [-0.3, -0.25) is 4.98 Å². The third-order valence-electron chi connectivity index (χ3n) is 5.08. The number of halogens is 1. The van der Waals surface area contributed by atoms with E-state index in [1.165, 1.54) is 24.4 Å². The van der Waals surface area contributed by atoms with E-state index in [-0.39, 0.29) is 23.3 Å². The highest BCUT2D eigenvalue weighted by Crippen LogP contribution is 2.32. The molecule has 4 rings (SSSR count). The Hall–Kier alpha value is -4.43. The summed E-state index contributed by atoms with van der Waals surface area (Å²) in [5.74, 6) is -0.0982. The molecule has 0 aliphatic rings. The molecule has 5 N–H and O–H groups in total. The molecule has 0 unspecified atom stereocenters. The van der Waals surface area contributed by atoms with Crippen LogP contribution in [-0.2, 0) is 5.41 Å². The highest BCUT2D eigenvalue weighted by atomic mass is 19.1. The maximum absolute atomic E-state index is 13.7. The van der Waals surface area contributed by atoms with Gasteiger partial charge in [0.2, 0.25) is 5.89 Å². The first-order valence-electron chi connectivity index (χ1n) is 10.4. The van der Waals surface area contributed by atoms with Gasteiger partial charge in [0.25, 0.3) is 5.89 Å². The van der Waals surface area contributed by atoms with Crippen molar-refractivity contribution in [2.45, 2.75) is 19.3 Å². The summed E-state index contributed by atoms with van der Waals surface area (Å²) in [6.45, 7) is 4.37. The molecule has 1 aromatic carbocycles. The zero-order valence-electron chi connectivity index (χ0n) is 18.6. The van der Waals surface area contributed by atoms with Crippen molar-refractivity contribution in [2.24, 2.45) is 5.73 Å². The lowest BCUT2D eigenvalue weighted by Crippen LogP contribution is -2.15. The number of nitrogens with two attached hydrogens (primary N) is 2. The third kappa shape index (κ3) is 4.53. The normalized spacial score (nSPS) is 11.3. The van der Waals surface area contributed by atoms with E-state index in [1.54, 1.807) is 32.2 Å². The van der Waals surface area contributed by atoms with E-state index in [4.69, 9.17) is 15.9 Å². The van der Waals surface area contributed by atoms with Gasteiger partial charge < -0.3 is 21.2 Å². The van der Waals surface area contributed by atoms with Crippen molar-refractivity contribution in [2.75, 3.05) is 24.1 Å². The summed E-state index contributed by atoms with van der Waals surface area (Å²) >= 11 is 0. The molecule has 0 saturated heterocycles. The van der Waals surface area contributed by atoms with E-state index in [0.717, 1.165) is 0 Å². The minimum atomic E-state index is -0.772. The number of hydrogen-bond donors (Lipinski definition) is 3. The third-order valence-corrected chi connectivity index (χ3v) is 5.08. The Kier molecular flexibility index (Phi) is 6.16. The van der Waals surface area contributed by atoms with Crippen LogP contribution >= 0.6 is 0 Å². The molecule has 0 bridgehead atoms. The number of nitrogen functional groups attached to an aromatic ring is 1. The van der Waals surface area contributed by atoms with Gasteiger partial charge in [0.05, 0.1) is 34.6 Å². The quantitative estimate of drug-likeness (QED) is 0.373. The van der Waals surface area contributed by atoms with Crippen molar-refractivity contribution in [1.29, 1.82) is 5.26 Å². The summed E-state index contributed by atoms with van der Waals surface area (Å²) in [6.07, 6.45) is 3.13. The van der Waals surface area contributed by atoms with Crippen LogP contribution in [-0.4, -0.2) is 38.2 Å². The second kappa shape index (κ2) is 9.21. The molecule has 0 aliphatic heterocycles. The molecule has 0 saturated carbocycles. The molecular formula is C23H22FN9O. The lowest BCUT2D eigenvalue weighted by molar-refractivity contribution is 0.581. The maximum atomic E-state index is 13.7. The average Bonchev–Trinajstić information content (AvgIpc) is 3.33. The van der Waals surface area contributed by atoms with Crippen molar-refractivity contribution in [3.05, 3.63) is 54.2 Å². The van der Waals surface area contributed by atoms with Crippen molar-refractivity contribution in [3.63, 3.8) is 0 Å². The van der Waals surface area contributed by atoms with Crippen LogP contribution in [0.4, 0.5) is 15.9 Å². The van der Waals surface area contributed by atoms with Crippen LogP contribution in [0.15, 0.2) is 47.1 Å². The van der Waals surface area contributed by atoms with Crippen LogP contribution < -0.4 is 16.8 Å². The van der Waals surface area contributed by atoms with Crippen molar-refractivity contribution in [3.8, 4) is 40.4 Å². The summed E-state index contributed by atoms with van der Waals surface area (Å²) in [5.41, 5.74) is 13.8. The molecule has 0 spiro atoms. The van der Waals surface area contributed by atoms with Crippen molar-refractivity contribution < 1.29 is 8.81 Å². The molecule has 34 heavy (non-hydrogen) atoms. The molecule has 0 radical (unpaired) electrons. The first kappa shape index (κ1) is 22.8. The Balaban J connectivity index is 1.72. The second-order valence-electron chi connectivity index (χ2n) is 7.97. The van der Waals surface area contributed by atoms with E-state index in [1.807, 2.05) is 0 Å². The maximum Gasteiger partial charge on any atom is 0.270 e. The number of pyridine rings is 1. The van der Waals surface area contributed by atoms with Gasteiger partial charge in [-0.1, -0.05) is 0 Å². The van der Waals surface area contributed by atoms with Gasteiger partial charge in [-0.25, -0.2) is 14.4 Å². The van der Waals surface area contributed by atoms with Crippen LogP contribution in [0, 0.1) is 17.1 Å². The van der Waals surface area contributed by atoms with E-state index in [2.05, 4.69) is 36.5 Å². The molecular weight excluding hydrogens is 437 g/mol. The Labute approximate surface area is 194 Å². The molecule has 11 heteroatoms. The summed E-state index contributed by atoms with van der Waals surface area (Å²) in [7, 11) is 0. The topological polar surface area (TPSA) is 165 Å². The fraction of sp³-hybridized carbons (Fsp3) is 0.217. The van der Waals surface area contributed by atoms with Gasteiger partial charge >= 0.3 is 0 Å². The molecule has 0 atom stereocenters. The average molecular weight is 459 g/mol. The molecule has 0 fully saturated rings. The van der Waals surface area contributed by atoms with Gasteiger partial charge in [-0.15, -0.1) is 10.2 Å². The predicted octanol–water partition coefficient (Wildman–Crippen LogP) is 3.15. The first-order valence-corrected chi connectivity index (χ1v) is 10.4. The standard InChI is InChI=1S/C23H22FN9O/c1-23(2,12-26)18-9-13(5-7-29-18)17-11-30-20(27)19(31-17)22-33-32-21(34-22)15-4-3-14(24)10-16(15)28-8-6-25/h3-5,7,9-11,28H,6,8,25H2,1-2H3,(H2,27,30). The van der Waals surface area contributed by atoms with Crippen LogP contribution in [0.25, 0.3) is 34.3 Å². The van der Waals surface area contributed by atoms with Gasteiger partial charge in [-0.05, 0) is 44.2 Å². The lowest BCUT2D eigenvalue weighted by atomic mass is 9.90. The summed E-state index contributed by atoms with van der Waals surface area (Å²) < 4.78 is 19.6. The first-order chi connectivity index (χ1) is 16.3. The molecule has 0 amide bonds. The fourth-order valence-electron chi connectivity index (χ4n) is 3.17. The van der Waals surface area contributed by atoms with Gasteiger partial charge in [-0.2, -0.15) is 5.26 Å². The molecule has 3 heterocycles. The van der Waals surface area contributed by atoms with Gasteiger partial charge in [0.15, 0.2) is 11.5 Å². The largest absolute Gasteiger partial charge is 0.414 e. The number of rotatable bonds is 7. The highest BCUT2D eigenvalue weighted by Gasteiger charge is 2.23. The zero-order valence-corrected chi connectivity index (χ0v) is 18.6. The molecule has 10 nitrogen and oxygen atoms in total. The Morgan fingerprint density at radius 3 is 2.71 bits per heavy atom. The molecule has 0 aliphatic carbocycles. The second-order valence-corrected chi connectivity index (χ2v) is 7.97. The number of benzene rings is 1. The Morgan fingerprint density at radius 2 is 1.94 bits per heavy atom. The van der Waals surface area contributed by atoms with Crippen molar-refractivity contribution in [1.82, 2.24) is 25.1 Å². The molecule has 172 valence electrons. The van der Waals surface area contributed by atoms with E-state index in [0.29, 0.717) is 41.3 Å². The highest BCUT2D eigenvalue weighted by molar-refractivity contribution is 5.74. The van der Waals surface area contributed by atoms with Crippen molar-refractivity contribution >= 4 is 11.5 Å². The monoisotopic (exact) mass is 459 g/mol. The number of hydrogen-bond acceptors (Lipinski definition) is 10. The Bertz CT molecular complexity index is 1380. The number of aromatic nitrogens is 5. The SMILES string of the molecule is CC(C)(C#N)c1cc(-c2cnc(N)c(-c3nnc(-c4ccc(F)cc4NCCN)o3)n2)ccn1. The molecule has 3 aromatic heterocycles. The minimum absolute atomic E-state index is 0.0579. The van der Waals surface area contributed by atoms with Crippen LogP contribution in [0.2, 0.25) is 0 Å². The van der Waals surface area contributed by atoms with Crippen LogP contribution in [0.1, 0.15) is 19.5 Å². The summed E-state index contributed by atoms with van der Waals surface area (Å²) in [5, 5.41) is 20.6. The summed E-state index contributed by atoms with van der Waals surface area (Å²) in [6, 6.07) is 9.93. The van der Waals surface area contributed by atoms with E-state index >= 15 is 0 Å². The Morgan fingerprint density at radius 1 is 1.15 bits per heavy atom. The number of nitrogens with one attached hydrogen (secondary N) is 1. The van der Waals surface area contributed by atoms with Crippen LogP contribution in [0.5, 0.6) is 0 Å². The predicted molar refractivity (Wildman–Crippen MR) is 125 cm³/mol. The smallest absolute Gasteiger partial charge is 0.270 e. The minimum Gasteiger partial charge on any atom is -0.414 e. The lowest BCUT2D eigenvalue weighted by Gasteiger charge is -2.15. The fourth-order valence-corrected chi connectivity index (χ4v) is 3.17. The zero-order chi connectivity index (χ0) is 24.3. The number of anilines is 2. The number of nitrogens with zero attached hydrogens (tertiary/aromatic N) is 6. The molecule has 4 aromatic rings. The van der Waals surface area contributed by atoms with E-state index < -0.39 is 11.2 Å². The van der Waals surface area contributed by atoms with E-state index in [9.17, 15) is 9.65 Å². The van der Waals surface area contributed by atoms with Gasteiger partial charge in [0, 0.05) is 30.5 Å². The summed E-state index contributed by atoms with van der Waals surface area (Å²) in [4.78, 5) is 13.1.